The third-order valence-corrected chi connectivity index (χ3v) is 4.89. The van der Waals surface area contributed by atoms with Crippen molar-refractivity contribution in [3.05, 3.63) is 51.8 Å². The fourth-order valence-electron chi connectivity index (χ4n) is 3.59. The van der Waals surface area contributed by atoms with Gasteiger partial charge in [-0.05, 0) is 17.9 Å². The van der Waals surface area contributed by atoms with E-state index in [9.17, 15) is 9.59 Å². The van der Waals surface area contributed by atoms with Crippen LogP contribution in [0, 0.1) is 5.92 Å². The zero-order valence-electron chi connectivity index (χ0n) is 17.3. The van der Waals surface area contributed by atoms with E-state index in [0.29, 0.717) is 19.0 Å². The zero-order chi connectivity index (χ0) is 21.1. The first-order valence-electron chi connectivity index (χ1n) is 9.82. The van der Waals surface area contributed by atoms with Crippen LogP contribution in [0.3, 0.4) is 0 Å². The predicted molar refractivity (Wildman–Crippen MR) is 112 cm³/mol. The summed E-state index contributed by atoms with van der Waals surface area (Å²) in [6, 6.07) is 7.46. The van der Waals surface area contributed by atoms with E-state index in [2.05, 4.69) is 26.8 Å². The molecule has 1 aliphatic rings. The Labute approximate surface area is 169 Å². The SMILES string of the molecule is CCc1cccc2c3n(nc12)CCn1cc(C(=O)O)c(=O)cc1-3.COCC(C)C. The molecule has 0 saturated heterocycles. The molecule has 0 fully saturated rings. The molecule has 7 nitrogen and oxygen atoms in total. The van der Waals surface area contributed by atoms with E-state index < -0.39 is 11.4 Å². The fraction of sp³-hybridized carbons (Fsp3) is 0.409. The Hall–Kier alpha value is -2.93. The third kappa shape index (κ3) is 4.10. The average Bonchev–Trinajstić information content (AvgIpc) is 3.06. The van der Waals surface area contributed by atoms with Gasteiger partial charge in [-0.2, -0.15) is 5.10 Å². The third-order valence-electron chi connectivity index (χ3n) is 4.89. The minimum absolute atomic E-state index is 0.194. The lowest BCUT2D eigenvalue weighted by Crippen LogP contribution is -2.24. The van der Waals surface area contributed by atoms with Crippen LogP contribution in [0.25, 0.3) is 22.3 Å². The first-order chi connectivity index (χ1) is 13.9. The van der Waals surface area contributed by atoms with Crippen LogP contribution in [-0.4, -0.2) is 39.1 Å². The molecule has 0 spiro atoms. The fourth-order valence-corrected chi connectivity index (χ4v) is 3.59. The van der Waals surface area contributed by atoms with Crippen LogP contribution in [-0.2, 0) is 24.2 Å². The second kappa shape index (κ2) is 8.61. The van der Waals surface area contributed by atoms with E-state index >= 15 is 0 Å². The largest absolute Gasteiger partial charge is 0.477 e. The molecule has 29 heavy (non-hydrogen) atoms. The summed E-state index contributed by atoms with van der Waals surface area (Å²) in [5.41, 5.74) is 3.06. The van der Waals surface area contributed by atoms with Gasteiger partial charge in [0.15, 0.2) is 5.43 Å². The van der Waals surface area contributed by atoms with Gasteiger partial charge in [-0.25, -0.2) is 4.79 Å². The van der Waals surface area contributed by atoms with Crippen LogP contribution in [0.5, 0.6) is 0 Å². The number of hydrogen-bond acceptors (Lipinski definition) is 4. The molecule has 4 rings (SSSR count). The van der Waals surface area contributed by atoms with E-state index in [1.165, 1.54) is 17.8 Å². The van der Waals surface area contributed by atoms with Gasteiger partial charge in [-0.15, -0.1) is 0 Å². The summed E-state index contributed by atoms with van der Waals surface area (Å²) < 4.78 is 8.55. The molecule has 7 heteroatoms. The highest BCUT2D eigenvalue weighted by molar-refractivity contribution is 5.95. The standard InChI is InChI=1S/C17H15N3O3.C5H12O/c1-2-10-4-3-5-11-15(10)18-20-7-6-19-9-12(17(22)23)14(21)8-13(19)16(11)20;1-5(2)4-6-3/h3-5,8-9H,2,6-7H2,1H3,(H,22,23);5H,4H2,1-3H3. The molecule has 1 aliphatic heterocycles. The minimum atomic E-state index is -1.19. The van der Waals surface area contributed by atoms with Crippen LogP contribution in [0.2, 0.25) is 0 Å². The highest BCUT2D eigenvalue weighted by atomic mass is 16.5. The summed E-state index contributed by atoms with van der Waals surface area (Å²) in [6.45, 7) is 8.47. The van der Waals surface area contributed by atoms with Gasteiger partial charge in [-0.1, -0.05) is 39.0 Å². The molecule has 0 bridgehead atoms. The van der Waals surface area contributed by atoms with Crippen molar-refractivity contribution < 1.29 is 14.6 Å². The summed E-state index contributed by atoms with van der Waals surface area (Å²) in [5.74, 6) is -0.516. The molecule has 3 heterocycles. The van der Waals surface area contributed by atoms with Crippen LogP contribution in [0.15, 0.2) is 35.3 Å². The van der Waals surface area contributed by atoms with Crippen molar-refractivity contribution >= 4 is 16.9 Å². The van der Waals surface area contributed by atoms with Crippen LogP contribution < -0.4 is 5.43 Å². The van der Waals surface area contributed by atoms with E-state index in [0.717, 1.165) is 35.3 Å². The van der Waals surface area contributed by atoms with E-state index in [4.69, 9.17) is 14.9 Å². The van der Waals surface area contributed by atoms with Crippen molar-refractivity contribution in [1.29, 1.82) is 0 Å². The highest BCUT2D eigenvalue weighted by Crippen LogP contribution is 2.32. The predicted octanol–water partition coefficient (Wildman–Crippen LogP) is 3.43. The lowest BCUT2D eigenvalue weighted by molar-refractivity contribution is 0.0694. The molecule has 2 aromatic heterocycles. The molecule has 0 amide bonds. The lowest BCUT2D eigenvalue weighted by atomic mass is 10.0. The molecule has 0 radical (unpaired) electrons. The zero-order valence-corrected chi connectivity index (χ0v) is 17.3. The normalized spacial score (nSPS) is 12.3. The smallest absolute Gasteiger partial charge is 0.341 e. The number of aromatic carboxylic acids is 1. The number of nitrogens with zero attached hydrogens (tertiary/aromatic N) is 3. The number of carboxylic acids is 1. The Kier molecular flexibility index (Phi) is 6.17. The van der Waals surface area contributed by atoms with Crippen LogP contribution >= 0.6 is 0 Å². The van der Waals surface area contributed by atoms with Gasteiger partial charge < -0.3 is 14.4 Å². The number of benzene rings is 1. The molecular weight excluding hydrogens is 370 g/mol. The summed E-state index contributed by atoms with van der Waals surface area (Å²) in [4.78, 5) is 23.3. The van der Waals surface area contributed by atoms with Gasteiger partial charge in [-0.3, -0.25) is 9.48 Å². The maximum absolute atomic E-state index is 12.1. The summed E-state index contributed by atoms with van der Waals surface area (Å²) in [5, 5.41) is 14.8. The quantitative estimate of drug-likeness (QED) is 0.729. The van der Waals surface area contributed by atoms with Gasteiger partial charge in [0.1, 0.15) is 5.56 Å². The van der Waals surface area contributed by atoms with Crippen molar-refractivity contribution in [3.8, 4) is 11.4 Å². The van der Waals surface area contributed by atoms with Crippen molar-refractivity contribution in [3.63, 3.8) is 0 Å². The maximum Gasteiger partial charge on any atom is 0.341 e. The van der Waals surface area contributed by atoms with Gasteiger partial charge in [0.25, 0.3) is 0 Å². The Morgan fingerprint density at radius 3 is 2.66 bits per heavy atom. The number of carbonyl (C=O) groups is 1. The van der Waals surface area contributed by atoms with Crippen LogP contribution in [0.1, 0.15) is 36.7 Å². The minimum Gasteiger partial charge on any atom is -0.477 e. The van der Waals surface area contributed by atoms with E-state index in [1.54, 1.807) is 7.11 Å². The molecule has 0 saturated carbocycles. The van der Waals surface area contributed by atoms with Crippen molar-refractivity contribution in [2.75, 3.05) is 13.7 Å². The Morgan fingerprint density at radius 2 is 2.07 bits per heavy atom. The molecule has 154 valence electrons. The number of fused-ring (bicyclic) bond motifs is 5. The number of ether oxygens (including phenoxy) is 1. The number of methoxy groups -OCH3 is 1. The summed E-state index contributed by atoms with van der Waals surface area (Å²) >= 11 is 0. The summed E-state index contributed by atoms with van der Waals surface area (Å²) in [6.07, 6.45) is 2.32. The number of pyridine rings is 1. The van der Waals surface area contributed by atoms with Crippen LogP contribution in [0.4, 0.5) is 0 Å². The molecule has 0 unspecified atom stereocenters. The summed E-state index contributed by atoms with van der Waals surface area (Å²) in [7, 11) is 1.72. The number of carboxylic acid groups (broad SMARTS) is 1. The molecule has 1 N–H and O–H groups in total. The molecule has 0 aliphatic carbocycles. The number of aryl methyl sites for hydroxylation is 3. The molecule has 0 atom stereocenters. The van der Waals surface area contributed by atoms with Crippen molar-refractivity contribution in [2.24, 2.45) is 5.92 Å². The number of aromatic nitrogens is 3. The van der Waals surface area contributed by atoms with Gasteiger partial charge in [0.05, 0.1) is 23.4 Å². The Morgan fingerprint density at radius 1 is 1.31 bits per heavy atom. The van der Waals surface area contributed by atoms with Crippen molar-refractivity contribution in [2.45, 2.75) is 40.3 Å². The van der Waals surface area contributed by atoms with E-state index in [1.807, 2.05) is 21.4 Å². The first-order valence-corrected chi connectivity index (χ1v) is 9.82. The topological polar surface area (TPSA) is 86.4 Å². The van der Waals surface area contributed by atoms with Gasteiger partial charge >= 0.3 is 5.97 Å². The van der Waals surface area contributed by atoms with Crippen molar-refractivity contribution in [1.82, 2.24) is 14.3 Å². The number of rotatable bonds is 4. The molecular formula is C22H27N3O4. The first kappa shape index (κ1) is 20.8. The Bertz CT molecular complexity index is 1100. The maximum atomic E-state index is 12.1. The highest BCUT2D eigenvalue weighted by Gasteiger charge is 2.23. The number of hydrogen-bond donors (Lipinski definition) is 1. The Balaban J connectivity index is 0.000000353. The van der Waals surface area contributed by atoms with E-state index in [-0.39, 0.29) is 5.56 Å². The lowest BCUT2D eigenvalue weighted by Gasteiger charge is -2.21. The second-order valence-electron chi connectivity index (χ2n) is 7.52. The second-order valence-corrected chi connectivity index (χ2v) is 7.52. The average molecular weight is 397 g/mol. The molecule has 1 aromatic carbocycles. The molecule has 3 aromatic rings. The van der Waals surface area contributed by atoms with Gasteiger partial charge in [0, 0.05) is 37.9 Å². The monoisotopic (exact) mass is 397 g/mol. The van der Waals surface area contributed by atoms with Gasteiger partial charge in [0.2, 0.25) is 0 Å².